The minimum Gasteiger partial charge on any atom is -0.458 e. The molecule has 0 saturated carbocycles. The van der Waals surface area contributed by atoms with Crippen LogP contribution in [0.3, 0.4) is 0 Å². The lowest BCUT2D eigenvalue weighted by atomic mass is 9.78. The molecule has 15 heteroatoms. The highest BCUT2D eigenvalue weighted by Crippen LogP contribution is 2.44. The van der Waals surface area contributed by atoms with Crippen LogP contribution < -0.4 is 0 Å². The zero-order chi connectivity index (χ0) is 44.4. The van der Waals surface area contributed by atoms with Crippen LogP contribution in [0.1, 0.15) is 92.4 Å². The van der Waals surface area contributed by atoms with E-state index in [9.17, 15) is 25.2 Å². The lowest BCUT2D eigenvalue weighted by molar-refractivity contribution is -0.284. The Morgan fingerprint density at radius 2 is 1.59 bits per heavy atom. The zero-order valence-electron chi connectivity index (χ0n) is 37.8. The van der Waals surface area contributed by atoms with Crippen LogP contribution in [-0.4, -0.2) is 165 Å². The molecule has 0 aromatic heterocycles. The van der Waals surface area contributed by atoms with E-state index in [-0.39, 0.29) is 55.1 Å². The van der Waals surface area contributed by atoms with Crippen molar-refractivity contribution in [1.29, 1.82) is 0 Å². The van der Waals surface area contributed by atoms with Gasteiger partial charge in [-0.05, 0) is 58.3 Å². The number of cyclic esters (lactones) is 1. The molecule has 350 valence electrons. The summed E-state index contributed by atoms with van der Waals surface area (Å²) in [6.45, 7) is 10.1. The molecular weight excluding hydrogens is 792 g/mol. The van der Waals surface area contributed by atoms with E-state index in [1.165, 1.54) is 6.08 Å². The van der Waals surface area contributed by atoms with E-state index in [1.54, 1.807) is 34.5 Å². The SMILES string of the molecule is COC1CC(C)OC(CCC(C)C(O)C(C)C2OC(=O)C=CC(C)=CCC(OC3OCC(O)C(O)C3O)CC3C=CCC(CC(OC)C4(CO4)C(OC)CC(OC)C2C)O3)C1. The van der Waals surface area contributed by atoms with Crippen molar-refractivity contribution in [1.82, 2.24) is 0 Å². The van der Waals surface area contributed by atoms with Gasteiger partial charge in [0.05, 0.1) is 74.3 Å². The third-order valence-corrected chi connectivity index (χ3v) is 13.8. The first-order valence-corrected chi connectivity index (χ1v) is 22.4. The van der Waals surface area contributed by atoms with Crippen LogP contribution >= 0.6 is 0 Å². The molecule has 5 aliphatic rings. The Morgan fingerprint density at radius 3 is 2.26 bits per heavy atom. The van der Waals surface area contributed by atoms with Crippen molar-refractivity contribution in [2.24, 2.45) is 17.8 Å². The van der Waals surface area contributed by atoms with Crippen LogP contribution in [0.25, 0.3) is 0 Å². The normalized spacial score (nSPS) is 42.3. The number of ether oxygens (including phenoxy) is 10. The number of carbonyl (C=O) groups excluding carboxylic acids is 1. The molecule has 3 saturated heterocycles. The first-order valence-electron chi connectivity index (χ1n) is 22.4. The second-order valence-corrected chi connectivity index (χ2v) is 18.2. The second kappa shape index (κ2) is 23.4. The molecule has 2 bridgehead atoms. The summed E-state index contributed by atoms with van der Waals surface area (Å²) in [4.78, 5) is 13.7. The standard InChI is InChI=1S/C46H76O15/c1-26-13-16-34(60-45-43(51)42(50)36(47)24-56-45)20-31-11-10-12-32(59-31)22-38(54-8)46(25-57-46)39(55-9)23-37(53-7)29(4)44(61-40(48)18-14-26)30(5)41(49)27(2)15-17-33-21-35(52-6)19-28(3)58-33/h10-11,13-14,18,27-39,41-45,47,49-51H,12,15-17,19-25H2,1-9H3. The van der Waals surface area contributed by atoms with Crippen molar-refractivity contribution in [2.75, 3.05) is 41.7 Å². The van der Waals surface area contributed by atoms with Gasteiger partial charge in [-0.1, -0.05) is 50.6 Å². The third-order valence-electron chi connectivity index (χ3n) is 13.8. The Labute approximate surface area is 363 Å². The predicted molar refractivity (Wildman–Crippen MR) is 224 cm³/mol. The molecule has 19 atom stereocenters. The summed E-state index contributed by atoms with van der Waals surface area (Å²) in [5.41, 5.74) is -0.0147. The maximum atomic E-state index is 13.7. The molecule has 5 heterocycles. The van der Waals surface area contributed by atoms with Crippen LogP contribution in [0.4, 0.5) is 0 Å². The summed E-state index contributed by atoms with van der Waals surface area (Å²) < 4.78 is 61.4. The van der Waals surface area contributed by atoms with Crippen molar-refractivity contribution in [3.8, 4) is 0 Å². The number of hydrogen-bond acceptors (Lipinski definition) is 15. The van der Waals surface area contributed by atoms with Crippen LogP contribution in [-0.2, 0) is 52.2 Å². The lowest BCUT2D eigenvalue weighted by Gasteiger charge is -2.39. The van der Waals surface area contributed by atoms with E-state index < -0.39 is 72.6 Å². The maximum absolute atomic E-state index is 13.7. The van der Waals surface area contributed by atoms with Gasteiger partial charge in [0.15, 0.2) is 6.29 Å². The van der Waals surface area contributed by atoms with E-state index in [0.717, 1.165) is 31.3 Å². The molecule has 61 heavy (non-hydrogen) atoms. The van der Waals surface area contributed by atoms with Crippen molar-refractivity contribution in [2.45, 2.75) is 190 Å². The quantitative estimate of drug-likeness (QED) is 0.125. The van der Waals surface area contributed by atoms with Gasteiger partial charge in [-0.2, -0.15) is 0 Å². The average molecular weight is 869 g/mol. The van der Waals surface area contributed by atoms with E-state index in [0.29, 0.717) is 38.7 Å². The fourth-order valence-corrected chi connectivity index (χ4v) is 9.77. The van der Waals surface area contributed by atoms with Crippen LogP contribution in [0.2, 0.25) is 0 Å². The molecule has 19 unspecified atom stereocenters. The highest BCUT2D eigenvalue weighted by Gasteiger charge is 2.59. The largest absolute Gasteiger partial charge is 0.458 e. The molecule has 0 amide bonds. The Hall–Kier alpha value is -1.83. The Morgan fingerprint density at radius 1 is 0.869 bits per heavy atom. The van der Waals surface area contributed by atoms with Gasteiger partial charge in [-0.3, -0.25) is 0 Å². The van der Waals surface area contributed by atoms with E-state index >= 15 is 0 Å². The van der Waals surface area contributed by atoms with Gasteiger partial charge in [0.25, 0.3) is 0 Å². The van der Waals surface area contributed by atoms with Crippen molar-refractivity contribution >= 4 is 5.97 Å². The van der Waals surface area contributed by atoms with Gasteiger partial charge in [0.2, 0.25) is 0 Å². The number of hydrogen-bond donors (Lipinski definition) is 4. The fourth-order valence-electron chi connectivity index (χ4n) is 9.77. The molecule has 4 N–H and O–H groups in total. The highest BCUT2D eigenvalue weighted by molar-refractivity contribution is 5.82. The second-order valence-electron chi connectivity index (χ2n) is 18.2. The molecular formula is C46H76O15. The monoisotopic (exact) mass is 869 g/mol. The number of carbonyl (C=O) groups is 1. The fraction of sp³-hybridized carbons (Fsp3) is 0.848. The maximum Gasteiger partial charge on any atom is 0.331 e. The lowest BCUT2D eigenvalue weighted by Crippen LogP contribution is -2.54. The molecule has 15 nitrogen and oxygen atoms in total. The average Bonchev–Trinajstić information content (AvgIpc) is 4.06. The zero-order valence-corrected chi connectivity index (χ0v) is 37.8. The molecule has 1 spiro atoms. The summed E-state index contributed by atoms with van der Waals surface area (Å²) in [6, 6.07) is 0. The predicted octanol–water partition coefficient (Wildman–Crippen LogP) is 3.96. The first kappa shape index (κ1) is 50.2. The van der Waals surface area contributed by atoms with Gasteiger partial charge < -0.3 is 67.8 Å². The Balaban J connectivity index is 1.40. The van der Waals surface area contributed by atoms with E-state index in [4.69, 9.17) is 47.4 Å². The molecule has 0 aromatic rings. The van der Waals surface area contributed by atoms with E-state index in [1.807, 2.05) is 39.8 Å². The van der Waals surface area contributed by atoms with Crippen LogP contribution in [0.5, 0.6) is 0 Å². The van der Waals surface area contributed by atoms with Crippen molar-refractivity contribution < 1.29 is 72.6 Å². The summed E-state index contributed by atoms with van der Waals surface area (Å²) in [5, 5.41) is 43.0. The Kier molecular flexibility index (Phi) is 19.2. The minimum absolute atomic E-state index is 0.0388. The Bertz CT molecular complexity index is 1440. The molecule has 5 aliphatic heterocycles. The van der Waals surface area contributed by atoms with Gasteiger partial charge in [0.1, 0.15) is 30.0 Å². The minimum atomic E-state index is -1.46. The molecule has 0 radical (unpaired) electrons. The number of fused-ring (bicyclic) bond motifs is 2. The van der Waals surface area contributed by atoms with Crippen molar-refractivity contribution in [3.63, 3.8) is 0 Å². The molecule has 0 aromatic carbocycles. The molecule has 3 fully saturated rings. The number of esters is 1. The van der Waals surface area contributed by atoms with Gasteiger partial charge in [-0.15, -0.1) is 0 Å². The topological polar surface area (TPSA) is 194 Å². The smallest absolute Gasteiger partial charge is 0.331 e. The third kappa shape index (κ3) is 13.4. The number of epoxide rings is 1. The molecule has 5 rings (SSSR count). The van der Waals surface area contributed by atoms with Crippen LogP contribution in [0.15, 0.2) is 36.0 Å². The first-order chi connectivity index (χ1) is 29.1. The molecule has 0 aliphatic carbocycles. The number of rotatable bonds is 12. The van der Waals surface area contributed by atoms with Crippen molar-refractivity contribution in [3.05, 3.63) is 36.0 Å². The summed E-state index contributed by atoms with van der Waals surface area (Å²) in [7, 11) is 6.69. The summed E-state index contributed by atoms with van der Waals surface area (Å²) >= 11 is 0. The van der Waals surface area contributed by atoms with Gasteiger partial charge in [-0.25, -0.2) is 4.79 Å². The highest BCUT2D eigenvalue weighted by atomic mass is 16.7. The summed E-state index contributed by atoms with van der Waals surface area (Å²) in [5.74, 6) is -1.52. The van der Waals surface area contributed by atoms with E-state index in [2.05, 4.69) is 13.0 Å². The van der Waals surface area contributed by atoms with Gasteiger partial charge in [0, 0.05) is 65.6 Å². The number of aliphatic hydroxyl groups is 4. The number of allylic oxidation sites excluding steroid dienone is 2. The van der Waals surface area contributed by atoms with Gasteiger partial charge >= 0.3 is 5.97 Å². The number of aliphatic hydroxyl groups excluding tert-OH is 4. The van der Waals surface area contributed by atoms with Crippen LogP contribution in [0, 0.1) is 17.8 Å². The number of methoxy groups -OCH3 is 4. The summed E-state index contributed by atoms with van der Waals surface area (Å²) in [6.07, 6.45) is 5.65.